The summed E-state index contributed by atoms with van der Waals surface area (Å²) in [6.45, 7) is 3.95. The molecule has 0 aliphatic carbocycles. The summed E-state index contributed by atoms with van der Waals surface area (Å²) in [5.74, 6) is 0. The zero-order valence-corrected chi connectivity index (χ0v) is 8.17. The number of halogens is 1. The third-order valence-corrected chi connectivity index (χ3v) is 1.80. The summed E-state index contributed by atoms with van der Waals surface area (Å²) in [5.41, 5.74) is 5.49. The van der Waals surface area contributed by atoms with Crippen LogP contribution in [0.25, 0.3) is 0 Å². The molecule has 0 amide bonds. The molecular formula is C8H15ClN2O. The molecule has 4 heteroatoms. The molecule has 1 aliphatic heterocycles. The first-order valence-corrected chi connectivity index (χ1v) is 3.75. The highest BCUT2D eigenvalue weighted by atomic mass is 35.5. The zero-order chi connectivity index (χ0) is 8.32. The Labute approximate surface area is 79.2 Å². The lowest BCUT2D eigenvalue weighted by atomic mass is 10.1. The highest BCUT2D eigenvalue weighted by Gasteiger charge is 2.24. The molecule has 0 aromatic rings. The van der Waals surface area contributed by atoms with E-state index in [4.69, 9.17) is 10.6 Å². The predicted molar refractivity (Wildman–Crippen MR) is 51.3 cm³/mol. The van der Waals surface area contributed by atoms with E-state index >= 15 is 0 Å². The monoisotopic (exact) mass is 190 g/mol. The summed E-state index contributed by atoms with van der Waals surface area (Å²) in [4.78, 5) is 5.17. The van der Waals surface area contributed by atoms with Crippen LogP contribution >= 0.6 is 12.4 Å². The molecular weight excluding hydrogens is 176 g/mol. The molecule has 0 saturated carbocycles. The van der Waals surface area contributed by atoms with Gasteiger partial charge < -0.3 is 10.6 Å². The maximum absolute atomic E-state index is 5.91. The largest absolute Gasteiger partial charge is 0.386 e. The average Bonchev–Trinajstić information content (AvgIpc) is 2.06. The van der Waals surface area contributed by atoms with Crippen molar-refractivity contribution in [2.45, 2.75) is 25.9 Å². The molecule has 1 unspecified atom stereocenters. The molecule has 0 aromatic carbocycles. The van der Waals surface area contributed by atoms with Crippen LogP contribution in [-0.4, -0.2) is 10.7 Å². The van der Waals surface area contributed by atoms with Crippen LogP contribution in [0.1, 0.15) is 20.3 Å². The summed E-state index contributed by atoms with van der Waals surface area (Å²) >= 11 is 0. The molecule has 0 spiro atoms. The topological polar surface area (TPSA) is 38.5 Å². The summed E-state index contributed by atoms with van der Waals surface area (Å²) in [7, 11) is 0. The first kappa shape index (κ1) is 11.3. The quantitative estimate of drug-likeness (QED) is 0.722. The van der Waals surface area contributed by atoms with E-state index in [1.165, 1.54) is 0 Å². The SMILES string of the molecule is CCC(C)(N)N1C=CC=CO1.Cl. The van der Waals surface area contributed by atoms with E-state index in [0.29, 0.717) is 0 Å². The summed E-state index contributed by atoms with van der Waals surface area (Å²) in [5, 5.41) is 1.65. The van der Waals surface area contributed by atoms with Crippen molar-refractivity contribution in [3.05, 3.63) is 24.6 Å². The van der Waals surface area contributed by atoms with E-state index in [-0.39, 0.29) is 12.4 Å². The van der Waals surface area contributed by atoms with Crippen LogP contribution < -0.4 is 5.73 Å². The van der Waals surface area contributed by atoms with Crippen molar-refractivity contribution < 1.29 is 4.84 Å². The summed E-state index contributed by atoms with van der Waals surface area (Å²) < 4.78 is 0. The number of nitrogens with zero attached hydrogens (tertiary/aromatic N) is 1. The van der Waals surface area contributed by atoms with Gasteiger partial charge in [0, 0.05) is 6.20 Å². The van der Waals surface area contributed by atoms with Gasteiger partial charge in [0.25, 0.3) is 0 Å². The number of hydrogen-bond donors (Lipinski definition) is 1. The van der Waals surface area contributed by atoms with E-state index in [2.05, 4.69) is 0 Å². The lowest BCUT2D eigenvalue weighted by Crippen LogP contribution is -2.50. The Morgan fingerprint density at radius 1 is 1.50 bits per heavy atom. The number of nitrogens with two attached hydrogens (primary N) is 1. The Kier molecular flexibility index (Phi) is 4.13. The molecule has 0 saturated heterocycles. The second-order valence-electron chi connectivity index (χ2n) is 2.81. The first-order valence-electron chi connectivity index (χ1n) is 3.75. The molecule has 12 heavy (non-hydrogen) atoms. The Morgan fingerprint density at radius 2 is 2.17 bits per heavy atom. The van der Waals surface area contributed by atoms with Crippen molar-refractivity contribution >= 4 is 12.4 Å². The van der Waals surface area contributed by atoms with Gasteiger partial charge in [-0.25, -0.2) is 0 Å². The second-order valence-corrected chi connectivity index (χ2v) is 2.81. The van der Waals surface area contributed by atoms with Gasteiger partial charge in [0.1, 0.15) is 11.9 Å². The van der Waals surface area contributed by atoms with Crippen molar-refractivity contribution in [1.29, 1.82) is 0 Å². The number of allylic oxidation sites excluding steroid dienone is 2. The molecule has 0 fully saturated rings. The maximum atomic E-state index is 5.91. The Morgan fingerprint density at radius 3 is 2.58 bits per heavy atom. The maximum Gasteiger partial charge on any atom is 0.121 e. The molecule has 70 valence electrons. The fourth-order valence-electron chi connectivity index (χ4n) is 0.756. The van der Waals surface area contributed by atoms with E-state index in [1.807, 2.05) is 32.2 Å². The van der Waals surface area contributed by atoms with Crippen LogP contribution in [-0.2, 0) is 4.84 Å². The van der Waals surface area contributed by atoms with Gasteiger partial charge in [-0.3, -0.25) is 0 Å². The Balaban J connectivity index is 0.00000121. The molecule has 1 rings (SSSR count). The third-order valence-electron chi connectivity index (χ3n) is 1.80. The Hall–Kier alpha value is -0.670. The Bertz CT molecular complexity index is 189. The third kappa shape index (κ3) is 2.43. The van der Waals surface area contributed by atoms with Gasteiger partial charge in [0.05, 0.1) is 0 Å². The normalized spacial score (nSPS) is 19.4. The van der Waals surface area contributed by atoms with Gasteiger partial charge in [-0.05, 0) is 25.5 Å². The van der Waals surface area contributed by atoms with Gasteiger partial charge in [0.2, 0.25) is 0 Å². The summed E-state index contributed by atoms with van der Waals surface area (Å²) in [6.07, 6.45) is 7.99. The lowest BCUT2D eigenvalue weighted by molar-refractivity contribution is -0.135. The minimum atomic E-state index is -0.415. The van der Waals surface area contributed by atoms with Crippen molar-refractivity contribution in [1.82, 2.24) is 5.06 Å². The second kappa shape index (κ2) is 4.38. The van der Waals surface area contributed by atoms with Crippen molar-refractivity contribution in [3.8, 4) is 0 Å². The molecule has 1 atom stereocenters. The fraction of sp³-hybridized carbons (Fsp3) is 0.500. The lowest BCUT2D eigenvalue weighted by Gasteiger charge is -2.35. The minimum absolute atomic E-state index is 0. The van der Waals surface area contributed by atoms with E-state index in [0.717, 1.165) is 6.42 Å². The van der Waals surface area contributed by atoms with Crippen LogP contribution in [0.5, 0.6) is 0 Å². The number of hydroxylamine groups is 2. The molecule has 3 nitrogen and oxygen atoms in total. The number of hydrogen-bond acceptors (Lipinski definition) is 3. The summed E-state index contributed by atoms with van der Waals surface area (Å²) in [6, 6.07) is 0. The van der Waals surface area contributed by atoms with Gasteiger partial charge in [0.15, 0.2) is 0 Å². The molecule has 2 N–H and O–H groups in total. The van der Waals surface area contributed by atoms with Gasteiger partial charge in [-0.1, -0.05) is 6.92 Å². The highest BCUT2D eigenvalue weighted by Crippen LogP contribution is 2.15. The molecule has 1 aliphatic rings. The highest BCUT2D eigenvalue weighted by molar-refractivity contribution is 5.85. The van der Waals surface area contributed by atoms with E-state index in [9.17, 15) is 0 Å². The minimum Gasteiger partial charge on any atom is -0.386 e. The van der Waals surface area contributed by atoms with Gasteiger partial charge in [-0.15, -0.1) is 12.4 Å². The molecule has 0 aromatic heterocycles. The molecule has 0 bridgehead atoms. The van der Waals surface area contributed by atoms with Crippen molar-refractivity contribution in [3.63, 3.8) is 0 Å². The van der Waals surface area contributed by atoms with Crippen LogP contribution in [0.2, 0.25) is 0 Å². The predicted octanol–water partition coefficient (Wildman–Crippen LogP) is 1.77. The van der Waals surface area contributed by atoms with Crippen LogP contribution in [0.3, 0.4) is 0 Å². The standard InChI is InChI=1S/C8H14N2O.ClH/c1-3-8(2,9)10-6-4-5-7-11-10;/h4-7H,3,9H2,1-2H3;1H. The van der Waals surface area contributed by atoms with Crippen LogP contribution in [0.15, 0.2) is 24.6 Å². The number of rotatable bonds is 2. The van der Waals surface area contributed by atoms with Crippen LogP contribution in [0.4, 0.5) is 0 Å². The molecule has 0 radical (unpaired) electrons. The van der Waals surface area contributed by atoms with E-state index in [1.54, 1.807) is 11.3 Å². The fourth-order valence-corrected chi connectivity index (χ4v) is 0.756. The van der Waals surface area contributed by atoms with E-state index < -0.39 is 5.66 Å². The van der Waals surface area contributed by atoms with Crippen LogP contribution in [0, 0.1) is 0 Å². The van der Waals surface area contributed by atoms with Gasteiger partial charge in [-0.2, -0.15) is 5.06 Å². The zero-order valence-electron chi connectivity index (χ0n) is 7.36. The van der Waals surface area contributed by atoms with Gasteiger partial charge >= 0.3 is 0 Å². The first-order chi connectivity index (χ1) is 5.17. The van der Waals surface area contributed by atoms with Crippen molar-refractivity contribution in [2.75, 3.05) is 0 Å². The average molecular weight is 191 g/mol. The van der Waals surface area contributed by atoms with Crippen molar-refractivity contribution in [2.24, 2.45) is 5.73 Å². The smallest absolute Gasteiger partial charge is 0.121 e. The molecule has 1 heterocycles.